The van der Waals surface area contributed by atoms with E-state index < -0.39 is 17.6 Å². The third-order valence-corrected chi connectivity index (χ3v) is 5.23. The number of hydrogen-bond acceptors (Lipinski definition) is 4. The van der Waals surface area contributed by atoms with Crippen molar-refractivity contribution in [3.8, 4) is 0 Å². The zero-order chi connectivity index (χ0) is 22.1. The molecule has 0 atom stereocenters. The van der Waals surface area contributed by atoms with Crippen LogP contribution in [-0.2, 0) is 19.1 Å². The number of carbonyl (C=O) groups excluding carboxylic acids is 2. The highest BCUT2D eigenvalue weighted by Crippen LogP contribution is 2.31. The Morgan fingerprint density at radius 2 is 1.90 bits per heavy atom. The van der Waals surface area contributed by atoms with E-state index in [4.69, 9.17) is 4.42 Å². The van der Waals surface area contributed by atoms with Crippen LogP contribution >= 0.6 is 0 Å². The quantitative estimate of drug-likeness (QED) is 0.695. The number of nitrogens with zero attached hydrogens (tertiary/aromatic N) is 2. The van der Waals surface area contributed by atoms with Crippen molar-refractivity contribution >= 4 is 11.7 Å². The second-order valence-electron chi connectivity index (χ2n) is 7.86. The Hall–Kier alpha value is -2.61. The molecule has 0 fully saturated rings. The molecule has 0 radical (unpaired) electrons. The molecule has 0 bridgehead atoms. The van der Waals surface area contributed by atoms with Crippen LogP contribution in [0.15, 0.2) is 28.7 Å². The molecular weight excluding hydrogens is 397 g/mol. The maximum Gasteiger partial charge on any atom is 0.416 e. The molecule has 1 heterocycles. The molecular formula is C22H25F3N2O3. The molecule has 0 saturated heterocycles. The van der Waals surface area contributed by atoms with Gasteiger partial charge in [0.2, 0.25) is 0 Å². The summed E-state index contributed by atoms with van der Waals surface area (Å²) in [6.07, 6.45) is -2.75. The van der Waals surface area contributed by atoms with Gasteiger partial charge in [-0.1, -0.05) is 12.1 Å². The summed E-state index contributed by atoms with van der Waals surface area (Å²) >= 11 is 0. The molecule has 1 aromatic carbocycles. The van der Waals surface area contributed by atoms with Gasteiger partial charge in [-0.05, 0) is 45.1 Å². The van der Waals surface area contributed by atoms with Crippen LogP contribution in [0.4, 0.5) is 13.2 Å². The van der Waals surface area contributed by atoms with Crippen molar-refractivity contribution < 1.29 is 27.2 Å². The van der Waals surface area contributed by atoms with Gasteiger partial charge >= 0.3 is 6.18 Å². The number of ketones is 1. The molecule has 0 unspecified atom stereocenters. The Labute approximate surface area is 173 Å². The average molecular weight is 422 g/mol. The lowest BCUT2D eigenvalue weighted by atomic mass is 9.94. The Kier molecular flexibility index (Phi) is 6.36. The van der Waals surface area contributed by atoms with Crippen LogP contribution in [0.3, 0.4) is 0 Å². The average Bonchev–Trinajstić information content (AvgIpc) is 3.02. The Balaban J connectivity index is 1.91. The number of benzene rings is 1. The van der Waals surface area contributed by atoms with E-state index >= 15 is 0 Å². The summed E-state index contributed by atoms with van der Waals surface area (Å²) in [7, 11) is 3.70. The highest BCUT2D eigenvalue weighted by Gasteiger charge is 2.32. The minimum atomic E-state index is -4.45. The summed E-state index contributed by atoms with van der Waals surface area (Å²) in [6, 6.07) is 4.96. The maximum atomic E-state index is 13.3. The highest BCUT2D eigenvalue weighted by atomic mass is 19.4. The first-order valence-electron chi connectivity index (χ1n) is 9.83. The molecule has 162 valence electrons. The van der Waals surface area contributed by atoms with Gasteiger partial charge < -0.3 is 14.2 Å². The number of carbonyl (C=O) groups is 2. The van der Waals surface area contributed by atoms with Crippen LogP contribution in [-0.4, -0.2) is 48.7 Å². The summed E-state index contributed by atoms with van der Waals surface area (Å²) in [5.41, 5.74) is 0.618. The third kappa shape index (κ3) is 4.75. The Bertz CT molecular complexity index is 948. The lowest BCUT2D eigenvalue weighted by molar-refractivity contribution is -0.137. The van der Waals surface area contributed by atoms with E-state index in [1.807, 2.05) is 19.0 Å². The van der Waals surface area contributed by atoms with Gasteiger partial charge in [0.1, 0.15) is 5.76 Å². The normalized spacial score (nSPS) is 14.2. The van der Waals surface area contributed by atoms with E-state index in [0.717, 1.165) is 12.1 Å². The fourth-order valence-electron chi connectivity index (χ4n) is 3.64. The number of hydrogen-bond donors (Lipinski definition) is 0. The van der Waals surface area contributed by atoms with Crippen molar-refractivity contribution in [1.82, 2.24) is 9.80 Å². The molecule has 0 spiro atoms. The number of aryl methyl sites for hydroxylation is 1. The first-order chi connectivity index (χ1) is 14.1. The van der Waals surface area contributed by atoms with Gasteiger partial charge in [0.25, 0.3) is 5.91 Å². The third-order valence-electron chi connectivity index (χ3n) is 5.23. The topological polar surface area (TPSA) is 53.8 Å². The molecule has 1 aliphatic carbocycles. The van der Waals surface area contributed by atoms with E-state index in [0.29, 0.717) is 54.8 Å². The van der Waals surface area contributed by atoms with Crippen molar-refractivity contribution in [3.63, 3.8) is 0 Å². The predicted molar refractivity (Wildman–Crippen MR) is 105 cm³/mol. The number of rotatable bonds is 6. The summed E-state index contributed by atoms with van der Waals surface area (Å²) < 4.78 is 45.0. The maximum absolute atomic E-state index is 13.3. The number of Topliss-reactive ketones (excluding diaryl/α,β-unsaturated/α-hetero) is 1. The first kappa shape index (κ1) is 22.1. The second-order valence-corrected chi connectivity index (χ2v) is 7.86. The molecule has 8 heteroatoms. The largest absolute Gasteiger partial charge is 0.455 e. The molecule has 1 aliphatic rings. The van der Waals surface area contributed by atoms with Gasteiger partial charge in [-0.3, -0.25) is 9.59 Å². The number of likely N-dealkylation sites (N-methyl/N-ethyl adjacent to an activating group) is 1. The summed E-state index contributed by atoms with van der Waals surface area (Å²) in [5, 5.41) is 0. The van der Waals surface area contributed by atoms with Crippen molar-refractivity contribution in [2.75, 3.05) is 27.2 Å². The van der Waals surface area contributed by atoms with Crippen LogP contribution in [0.1, 0.15) is 56.2 Å². The van der Waals surface area contributed by atoms with Gasteiger partial charge in [-0.15, -0.1) is 0 Å². The highest BCUT2D eigenvalue weighted by molar-refractivity contribution is 6.03. The number of halogens is 3. The van der Waals surface area contributed by atoms with Crippen molar-refractivity contribution in [1.29, 1.82) is 0 Å². The first-order valence-corrected chi connectivity index (χ1v) is 9.83. The summed E-state index contributed by atoms with van der Waals surface area (Å²) in [6.45, 7) is 2.53. The van der Waals surface area contributed by atoms with Crippen molar-refractivity contribution in [2.45, 2.75) is 38.9 Å². The Morgan fingerprint density at radius 1 is 1.17 bits per heavy atom. The van der Waals surface area contributed by atoms with E-state index in [2.05, 4.69) is 0 Å². The molecule has 5 nitrogen and oxygen atoms in total. The molecule has 3 rings (SSSR count). The van der Waals surface area contributed by atoms with Gasteiger partial charge in [0, 0.05) is 38.0 Å². The molecule has 0 N–H and O–H groups in total. The van der Waals surface area contributed by atoms with Crippen molar-refractivity contribution in [2.24, 2.45) is 0 Å². The number of furan rings is 1. The molecule has 1 amide bonds. The Morgan fingerprint density at radius 3 is 2.53 bits per heavy atom. The fourth-order valence-corrected chi connectivity index (χ4v) is 3.64. The molecule has 0 saturated carbocycles. The van der Waals surface area contributed by atoms with E-state index in [1.54, 1.807) is 13.0 Å². The van der Waals surface area contributed by atoms with Crippen LogP contribution in [0.2, 0.25) is 0 Å². The molecule has 0 aliphatic heterocycles. The second kappa shape index (κ2) is 8.63. The lowest BCUT2D eigenvalue weighted by Crippen LogP contribution is -2.36. The van der Waals surface area contributed by atoms with Crippen LogP contribution < -0.4 is 0 Å². The minimum Gasteiger partial charge on any atom is -0.455 e. The lowest BCUT2D eigenvalue weighted by Gasteiger charge is -2.24. The molecule has 2 aromatic rings. The van der Waals surface area contributed by atoms with Crippen LogP contribution in [0.25, 0.3) is 0 Å². The number of fused-ring (bicyclic) bond motifs is 1. The summed E-state index contributed by atoms with van der Waals surface area (Å²) in [4.78, 5) is 28.9. The van der Waals surface area contributed by atoms with Gasteiger partial charge in [-0.25, -0.2) is 0 Å². The molecule has 1 aromatic heterocycles. The zero-order valence-corrected chi connectivity index (χ0v) is 17.3. The minimum absolute atomic E-state index is 0.00927. The zero-order valence-electron chi connectivity index (χ0n) is 17.3. The van der Waals surface area contributed by atoms with Crippen LogP contribution in [0.5, 0.6) is 0 Å². The van der Waals surface area contributed by atoms with Gasteiger partial charge in [0.05, 0.1) is 11.1 Å². The van der Waals surface area contributed by atoms with Gasteiger partial charge in [0.15, 0.2) is 11.5 Å². The van der Waals surface area contributed by atoms with E-state index in [-0.39, 0.29) is 18.1 Å². The SMILES string of the molecule is Cc1c(C(=O)N(CCN(C)C)Cc2cccc(C(F)(F)F)c2)oc2c1C(=O)CCC2. The van der Waals surface area contributed by atoms with Crippen molar-refractivity contribution in [3.05, 3.63) is 58.0 Å². The summed E-state index contributed by atoms with van der Waals surface area (Å²) in [5.74, 6) is 0.169. The number of amides is 1. The molecule has 30 heavy (non-hydrogen) atoms. The standard InChI is InChI=1S/C22H25F3N2O3/c1-14-19-17(28)8-5-9-18(19)30-20(14)21(29)27(11-10-26(2)3)13-15-6-4-7-16(12-15)22(23,24)25/h4,6-7,12H,5,8-11,13H2,1-3H3. The van der Waals surface area contributed by atoms with E-state index in [9.17, 15) is 22.8 Å². The van der Waals surface area contributed by atoms with Gasteiger partial charge in [-0.2, -0.15) is 13.2 Å². The predicted octanol–water partition coefficient (Wildman–Crippen LogP) is 4.33. The monoisotopic (exact) mass is 422 g/mol. The number of alkyl halides is 3. The fraction of sp³-hybridized carbons (Fsp3) is 0.455. The smallest absolute Gasteiger partial charge is 0.416 e. The van der Waals surface area contributed by atoms with Crippen LogP contribution in [0, 0.1) is 6.92 Å². The van der Waals surface area contributed by atoms with E-state index in [1.165, 1.54) is 11.0 Å².